The molecule has 0 aromatic carbocycles. The molecule has 0 aliphatic heterocycles. The number of aromatic nitrogens is 2. The van der Waals surface area contributed by atoms with Crippen molar-refractivity contribution in [2.75, 3.05) is 0 Å². The van der Waals surface area contributed by atoms with Gasteiger partial charge in [-0.25, -0.2) is 9.97 Å². The standard InChI is InChI=1S/C10H9IN2/c11-10-6-9(12-7-13-10)8-4-2-1-3-5-8/h1-4,6-8H,5H2. The van der Waals surface area contributed by atoms with Crippen molar-refractivity contribution in [1.82, 2.24) is 9.97 Å². The molecule has 13 heavy (non-hydrogen) atoms. The van der Waals surface area contributed by atoms with Crippen molar-refractivity contribution in [2.45, 2.75) is 12.3 Å². The van der Waals surface area contributed by atoms with E-state index in [-0.39, 0.29) is 0 Å². The van der Waals surface area contributed by atoms with Gasteiger partial charge in [-0.15, -0.1) is 0 Å². The van der Waals surface area contributed by atoms with Gasteiger partial charge in [-0.05, 0) is 35.1 Å². The van der Waals surface area contributed by atoms with Crippen molar-refractivity contribution < 1.29 is 0 Å². The minimum Gasteiger partial charge on any atom is -0.241 e. The van der Waals surface area contributed by atoms with Crippen LogP contribution in [0.25, 0.3) is 0 Å². The zero-order chi connectivity index (χ0) is 9.10. The molecule has 66 valence electrons. The molecule has 0 fully saturated rings. The first-order valence-corrected chi connectivity index (χ1v) is 5.25. The quantitative estimate of drug-likeness (QED) is 0.585. The van der Waals surface area contributed by atoms with E-state index in [9.17, 15) is 0 Å². The van der Waals surface area contributed by atoms with Crippen LogP contribution in [-0.2, 0) is 0 Å². The van der Waals surface area contributed by atoms with E-state index in [1.54, 1.807) is 6.33 Å². The normalized spacial score (nSPS) is 20.5. The maximum absolute atomic E-state index is 4.26. The van der Waals surface area contributed by atoms with Gasteiger partial charge in [0.2, 0.25) is 0 Å². The topological polar surface area (TPSA) is 25.8 Å². The lowest BCUT2D eigenvalue weighted by Crippen LogP contribution is -2.00. The van der Waals surface area contributed by atoms with Gasteiger partial charge in [0.15, 0.2) is 0 Å². The van der Waals surface area contributed by atoms with E-state index in [1.807, 2.05) is 6.07 Å². The van der Waals surface area contributed by atoms with Crippen LogP contribution >= 0.6 is 22.6 Å². The third-order valence-corrected chi connectivity index (χ3v) is 2.61. The summed E-state index contributed by atoms with van der Waals surface area (Å²) < 4.78 is 1.01. The summed E-state index contributed by atoms with van der Waals surface area (Å²) in [5.74, 6) is 0.432. The smallest absolute Gasteiger partial charge is 0.116 e. The van der Waals surface area contributed by atoms with Crippen LogP contribution in [0.4, 0.5) is 0 Å². The zero-order valence-electron chi connectivity index (χ0n) is 7.02. The number of nitrogens with zero attached hydrogens (tertiary/aromatic N) is 2. The molecule has 2 rings (SSSR count). The molecule has 0 spiro atoms. The van der Waals surface area contributed by atoms with Crippen molar-refractivity contribution in [1.29, 1.82) is 0 Å². The van der Waals surface area contributed by atoms with Crippen molar-refractivity contribution in [3.05, 3.63) is 46.1 Å². The molecule has 0 saturated carbocycles. The molecular formula is C10H9IN2. The SMILES string of the molecule is Ic1cc(C2C=CC=CC2)ncn1. The zero-order valence-corrected chi connectivity index (χ0v) is 9.18. The number of hydrogen-bond acceptors (Lipinski definition) is 2. The Morgan fingerprint density at radius 3 is 2.92 bits per heavy atom. The van der Waals surface area contributed by atoms with Crippen LogP contribution in [-0.4, -0.2) is 9.97 Å². The van der Waals surface area contributed by atoms with Gasteiger partial charge >= 0.3 is 0 Å². The molecule has 0 amide bonds. The molecule has 0 radical (unpaired) electrons. The van der Waals surface area contributed by atoms with Gasteiger partial charge in [0, 0.05) is 5.92 Å². The third kappa shape index (κ3) is 2.15. The maximum atomic E-state index is 4.26. The Bertz CT molecular complexity index is 358. The highest BCUT2D eigenvalue weighted by Gasteiger charge is 2.09. The van der Waals surface area contributed by atoms with Crippen molar-refractivity contribution in [3.63, 3.8) is 0 Å². The Kier molecular flexibility index (Phi) is 2.73. The Morgan fingerprint density at radius 2 is 2.23 bits per heavy atom. The maximum Gasteiger partial charge on any atom is 0.116 e. The van der Waals surface area contributed by atoms with Crippen molar-refractivity contribution in [3.8, 4) is 0 Å². The number of hydrogen-bond donors (Lipinski definition) is 0. The molecule has 0 saturated heterocycles. The summed E-state index contributed by atoms with van der Waals surface area (Å²) in [6.45, 7) is 0. The van der Waals surface area contributed by atoms with E-state index < -0.39 is 0 Å². The Labute approximate surface area is 90.9 Å². The molecule has 1 aliphatic carbocycles. The second-order valence-electron chi connectivity index (χ2n) is 2.92. The predicted molar refractivity (Wildman–Crippen MR) is 60.4 cm³/mol. The predicted octanol–water partition coefficient (Wildman–Crippen LogP) is 2.68. The van der Waals surface area contributed by atoms with E-state index in [1.165, 1.54) is 0 Å². The highest BCUT2D eigenvalue weighted by atomic mass is 127. The van der Waals surface area contributed by atoms with Crippen molar-refractivity contribution >= 4 is 22.6 Å². The molecule has 0 bridgehead atoms. The molecule has 1 aliphatic rings. The first-order chi connectivity index (χ1) is 6.36. The molecule has 1 unspecified atom stereocenters. The van der Waals surface area contributed by atoms with Crippen LogP contribution in [0.3, 0.4) is 0 Å². The number of allylic oxidation sites excluding steroid dienone is 4. The second kappa shape index (κ2) is 4.00. The van der Waals surface area contributed by atoms with Gasteiger partial charge in [-0.1, -0.05) is 24.3 Å². The second-order valence-corrected chi connectivity index (χ2v) is 4.03. The highest BCUT2D eigenvalue weighted by molar-refractivity contribution is 14.1. The van der Waals surface area contributed by atoms with Crippen LogP contribution in [0.15, 0.2) is 36.7 Å². The fraction of sp³-hybridized carbons (Fsp3) is 0.200. The molecule has 3 heteroatoms. The fourth-order valence-corrected chi connectivity index (χ4v) is 1.79. The summed E-state index contributed by atoms with van der Waals surface area (Å²) in [5.41, 5.74) is 1.11. The molecule has 0 N–H and O–H groups in total. The van der Waals surface area contributed by atoms with E-state index >= 15 is 0 Å². The monoisotopic (exact) mass is 284 g/mol. The molecule has 1 aromatic rings. The van der Waals surface area contributed by atoms with E-state index in [4.69, 9.17) is 0 Å². The molecule has 1 aromatic heterocycles. The van der Waals surface area contributed by atoms with E-state index in [2.05, 4.69) is 56.9 Å². The first kappa shape index (κ1) is 8.87. The fourth-order valence-electron chi connectivity index (χ4n) is 1.35. The minimum absolute atomic E-state index is 0.432. The molecule has 1 heterocycles. The first-order valence-electron chi connectivity index (χ1n) is 4.17. The lowest BCUT2D eigenvalue weighted by molar-refractivity contribution is 0.805. The molecule has 2 nitrogen and oxygen atoms in total. The van der Waals surface area contributed by atoms with Crippen LogP contribution in [0.1, 0.15) is 18.0 Å². The van der Waals surface area contributed by atoms with Gasteiger partial charge in [-0.2, -0.15) is 0 Å². The van der Waals surface area contributed by atoms with E-state index in [0.717, 1.165) is 15.8 Å². The van der Waals surface area contributed by atoms with E-state index in [0.29, 0.717) is 5.92 Å². The largest absolute Gasteiger partial charge is 0.241 e. The molecular weight excluding hydrogens is 275 g/mol. The van der Waals surface area contributed by atoms with Gasteiger partial charge in [-0.3, -0.25) is 0 Å². The Morgan fingerprint density at radius 1 is 1.31 bits per heavy atom. The summed E-state index contributed by atoms with van der Waals surface area (Å²) in [5, 5.41) is 0. The average Bonchev–Trinajstić information content (AvgIpc) is 2.19. The van der Waals surface area contributed by atoms with Gasteiger partial charge in [0.1, 0.15) is 10.0 Å². The Hall–Kier alpha value is -0.710. The highest BCUT2D eigenvalue weighted by Crippen LogP contribution is 2.22. The van der Waals surface area contributed by atoms with Gasteiger partial charge in [0.25, 0.3) is 0 Å². The van der Waals surface area contributed by atoms with Gasteiger partial charge < -0.3 is 0 Å². The number of rotatable bonds is 1. The van der Waals surface area contributed by atoms with Crippen LogP contribution in [0.2, 0.25) is 0 Å². The summed E-state index contributed by atoms with van der Waals surface area (Å²) in [6, 6.07) is 2.04. The lowest BCUT2D eigenvalue weighted by Gasteiger charge is -2.11. The summed E-state index contributed by atoms with van der Waals surface area (Å²) >= 11 is 2.21. The average molecular weight is 284 g/mol. The molecule has 1 atom stereocenters. The third-order valence-electron chi connectivity index (χ3n) is 2.02. The summed E-state index contributed by atoms with van der Waals surface area (Å²) in [6.07, 6.45) is 11.2. The summed E-state index contributed by atoms with van der Waals surface area (Å²) in [7, 11) is 0. The van der Waals surface area contributed by atoms with Crippen LogP contribution in [0.5, 0.6) is 0 Å². The Balaban J connectivity index is 2.25. The van der Waals surface area contributed by atoms with Crippen molar-refractivity contribution in [2.24, 2.45) is 0 Å². The van der Waals surface area contributed by atoms with Crippen LogP contribution < -0.4 is 0 Å². The van der Waals surface area contributed by atoms with Crippen LogP contribution in [0, 0.1) is 3.70 Å². The van der Waals surface area contributed by atoms with Gasteiger partial charge in [0.05, 0.1) is 5.69 Å². The minimum atomic E-state index is 0.432. The number of halogens is 1. The summed E-state index contributed by atoms with van der Waals surface area (Å²) in [4.78, 5) is 8.33. The lowest BCUT2D eigenvalue weighted by atomic mass is 9.97.